The van der Waals surface area contributed by atoms with Gasteiger partial charge in [0.15, 0.2) is 0 Å². The number of carbonyl (C=O) groups excluding carboxylic acids is 1. The van der Waals surface area contributed by atoms with Crippen LogP contribution in [-0.4, -0.2) is 45.9 Å². The first-order valence-corrected chi connectivity index (χ1v) is 7.85. The zero-order valence-electron chi connectivity index (χ0n) is 11.8. The zero-order chi connectivity index (χ0) is 15.2. The summed E-state index contributed by atoms with van der Waals surface area (Å²) >= 11 is 0. The van der Waals surface area contributed by atoms with Gasteiger partial charge in [0.1, 0.15) is 0 Å². The number of aryl methyl sites for hydroxylation is 1. The largest absolute Gasteiger partial charge is 0.344 e. The van der Waals surface area contributed by atoms with Crippen LogP contribution in [0.3, 0.4) is 0 Å². The molecule has 6 nitrogen and oxygen atoms in total. The maximum atomic E-state index is 12.0. The molecule has 0 aliphatic carbocycles. The zero-order valence-corrected chi connectivity index (χ0v) is 12.6. The van der Waals surface area contributed by atoms with Crippen LogP contribution in [0.1, 0.15) is 12.0 Å². The van der Waals surface area contributed by atoms with Crippen LogP contribution in [-0.2, 0) is 14.8 Å². The van der Waals surface area contributed by atoms with Crippen molar-refractivity contribution in [3.63, 3.8) is 0 Å². The number of likely N-dealkylation sites (N-methyl/N-ethyl adjacent to an activating group) is 1. The first-order valence-electron chi connectivity index (χ1n) is 6.37. The monoisotopic (exact) mass is 299 g/mol. The van der Waals surface area contributed by atoms with E-state index >= 15 is 0 Å². The third kappa shape index (κ3) is 4.92. The topological polar surface area (TPSA) is 92.5 Å². The molecule has 0 atom stereocenters. The van der Waals surface area contributed by atoms with Crippen molar-refractivity contribution >= 4 is 15.9 Å². The fourth-order valence-corrected chi connectivity index (χ4v) is 2.61. The number of sulfonamides is 1. The van der Waals surface area contributed by atoms with Gasteiger partial charge in [-0.2, -0.15) is 0 Å². The minimum absolute atomic E-state index is 0.0953. The number of rotatable bonds is 7. The molecule has 1 rings (SSSR count). The summed E-state index contributed by atoms with van der Waals surface area (Å²) in [5.41, 5.74) is 6.29. The number of hydrogen-bond acceptors (Lipinski definition) is 4. The summed E-state index contributed by atoms with van der Waals surface area (Å²) in [7, 11) is -1.90. The van der Waals surface area contributed by atoms with Gasteiger partial charge in [0, 0.05) is 33.1 Å². The number of amides is 1. The van der Waals surface area contributed by atoms with Crippen LogP contribution in [0.15, 0.2) is 29.2 Å². The molecule has 0 aromatic heterocycles. The number of nitrogens with two attached hydrogens (primary N) is 1. The van der Waals surface area contributed by atoms with Gasteiger partial charge in [0.2, 0.25) is 15.9 Å². The second kappa shape index (κ2) is 7.37. The Kier molecular flexibility index (Phi) is 6.12. The third-order valence-electron chi connectivity index (χ3n) is 2.85. The molecule has 3 N–H and O–H groups in total. The molecular formula is C13H21N3O3S. The van der Waals surface area contributed by atoms with E-state index in [1.54, 1.807) is 31.3 Å². The Bertz CT molecular complexity index is 540. The van der Waals surface area contributed by atoms with E-state index in [0.29, 0.717) is 6.54 Å². The molecule has 0 bridgehead atoms. The van der Waals surface area contributed by atoms with Gasteiger partial charge >= 0.3 is 0 Å². The second-order valence-corrected chi connectivity index (χ2v) is 6.33. The van der Waals surface area contributed by atoms with Crippen LogP contribution in [0.4, 0.5) is 0 Å². The summed E-state index contributed by atoms with van der Waals surface area (Å²) in [6, 6.07) is 6.60. The fraction of sp³-hybridized carbons (Fsp3) is 0.462. The predicted octanol–water partition coefficient (Wildman–Crippen LogP) is 0.0805. The molecule has 112 valence electrons. The van der Waals surface area contributed by atoms with Crippen LogP contribution < -0.4 is 10.5 Å². The van der Waals surface area contributed by atoms with Crippen LogP contribution in [0.2, 0.25) is 0 Å². The highest BCUT2D eigenvalue weighted by atomic mass is 32.2. The average molecular weight is 299 g/mol. The Morgan fingerprint density at radius 2 is 1.90 bits per heavy atom. The van der Waals surface area contributed by atoms with Crippen molar-refractivity contribution in [1.82, 2.24) is 9.62 Å². The number of hydrogen-bond donors (Lipinski definition) is 2. The van der Waals surface area contributed by atoms with Gasteiger partial charge in [-0.15, -0.1) is 0 Å². The minimum atomic E-state index is -3.52. The smallest absolute Gasteiger partial charge is 0.240 e. The van der Waals surface area contributed by atoms with E-state index < -0.39 is 10.0 Å². The van der Waals surface area contributed by atoms with Crippen LogP contribution >= 0.6 is 0 Å². The molecule has 20 heavy (non-hydrogen) atoms. The Morgan fingerprint density at radius 3 is 2.45 bits per heavy atom. The molecule has 1 aromatic rings. The lowest BCUT2D eigenvalue weighted by molar-refractivity contribution is -0.129. The molecule has 0 saturated carbocycles. The molecule has 0 spiro atoms. The predicted molar refractivity (Wildman–Crippen MR) is 77.7 cm³/mol. The maximum Gasteiger partial charge on any atom is 0.240 e. The van der Waals surface area contributed by atoms with Gasteiger partial charge < -0.3 is 10.6 Å². The highest BCUT2D eigenvalue weighted by Crippen LogP contribution is 2.09. The van der Waals surface area contributed by atoms with E-state index in [2.05, 4.69) is 4.72 Å². The first kappa shape index (κ1) is 16.6. The molecule has 0 unspecified atom stereocenters. The molecule has 0 aliphatic rings. The van der Waals surface area contributed by atoms with Crippen molar-refractivity contribution in [3.05, 3.63) is 29.8 Å². The Hall–Kier alpha value is -1.44. The molecule has 1 aromatic carbocycles. The van der Waals surface area contributed by atoms with Gasteiger partial charge in [0.25, 0.3) is 0 Å². The number of nitrogens with one attached hydrogen (secondary N) is 1. The fourth-order valence-electron chi connectivity index (χ4n) is 1.59. The molecule has 0 heterocycles. The van der Waals surface area contributed by atoms with Crippen LogP contribution in [0, 0.1) is 6.92 Å². The van der Waals surface area contributed by atoms with E-state index in [-0.39, 0.29) is 30.3 Å². The number of carbonyl (C=O) groups is 1. The molecule has 7 heteroatoms. The quantitative estimate of drug-likeness (QED) is 0.746. The molecule has 1 amide bonds. The summed E-state index contributed by atoms with van der Waals surface area (Å²) in [6.45, 7) is 2.66. The van der Waals surface area contributed by atoms with Crippen molar-refractivity contribution in [2.45, 2.75) is 18.2 Å². The highest BCUT2D eigenvalue weighted by molar-refractivity contribution is 7.89. The normalized spacial score (nSPS) is 11.3. The summed E-state index contributed by atoms with van der Waals surface area (Å²) < 4.78 is 26.4. The lowest BCUT2D eigenvalue weighted by atomic mass is 10.2. The van der Waals surface area contributed by atoms with Gasteiger partial charge in [-0.1, -0.05) is 17.7 Å². The van der Waals surface area contributed by atoms with Gasteiger partial charge in [-0.05, 0) is 19.1 Å². The summed E-state index contributed by atoms with van der Waals surface area (Å²) in [4.78, 5) is 13.2. The van der Waals surface area contributed by atoms with E-state index in [9.17, 15) is 13.2 Å². The number of benzene rings is 1. The molecule has 0 aliphatic heterocycles. The van der Waals surface area contributed by atoms with E-state index in [1.807, 2.05) is 6.92 Å². The van der Waals surface area contributed by atoms with Crippen molar-refractivity contribution < 1.29 is 13.2 Å². The van der Waals surface area contributed by atoms with E-state index in [4.69, 9.17) is 5.73 Å². The highest BCUT2D eigenvalue weighted by Gasteiger charge is 2.14. The minimum Gasteiger partial charge on any atom is -0.344 e. The summed E-state index contributed by atoms with van der Waals surface area (Å²) in [5.74, 6) is -0.0953. The van der Waals surface area contributed by atoms with Crippen molar-refractivity contribution in [2.24, 2.45) is 5.73 Å². The van der Waals surface area contributed by atoms with Gasteiger partial charge in [-0.3, -0.25) is 4.79 Å². The Morgan fingerprint density at radius 1 is 1.30 bits per heavy atom. The van der Waals surface area contributed by atoms with E-state index in [0.717, 1.165) is 5.56 Å². The SMILES string of the molecule is Cc1ccc(S(=O)(=O)NCCN(C)C(=O)CCN)cc1. The van der Waals surface area contributed by atoms with Gasteiger partial charge in [0.05, 0.1) is 4.90 Å². The second-order valence-electron chi connectivity index (χ2n) is 4.56. The molecule has 0 radical (unpaired) electrons. The van der Waals surface area contributed by atoms with Gasteiger partial charge in [-0.25, -0.2) is 13.1 Å². The molecule has 0 saturated heterocycles. The summed E-state index contributed by atoms with van der Waals surface area (Å²) in [5, 5.41) is 0. The van der Waals surface area contributed by atoms with Crippen LogP contribution in [0.25, 0.3) is 0 Å². The third-order valence-corrected chi connectivity index (χ3v) is 4.33. The standard InChI is InChI=1S/C13H21N3O3S/c1-11-3-5-12(6-4-11)20(18,19)15-9-10-16(2)13(17)7-8-14/h3-6,15H,7-10,14H2,1-2H3. The first-order chi connectivity index (χ1) is 9.36. The maximum absolute atomic E-state index is 12.0. The summed E-state index contributed by atoms with van der Waals surface area (Å²) in [6.07, 6.45) is 0.265. The molecule has 0 fully saturated rings. The Balaban J connectivity index is 2.52. The molecular weight excluding hydrogens is 278 g/mol. The lowest BCUT2D eigenvalue weighted by Crippen LogP contribution is -2.36. The Labute approximate surface area is 120 Å². The number of nitrogens with zero attached hydrogens (tertiary/aromatic N) is 1. The average Bonchev–Trinajstić information content (AvgIpc) is 2.39. The van der Waals surface area contributed by atoms with Crippen LogP contribution in [0.5, 0.6) is 0 Å². The van der Waals surface area contributed by atoms with Crippen molar-refractivity contribution in [1.29, 1.82) is 0 Å². The van der Waals surface area contributed by atoms with Crippen molar-refractivity contribution in [2.75, 3.05) is 26.7 Å². The lowest BCUT2D eigenvalue weighted by Gasteiger charge is -2.17. The van der Waals surface area contributed by atoms with E-state index in [1.165, 1.54) is 4.90 Å². The van der Waals surface area contributed by atoms with Crippen molar-refractivity contribution in [3.8, 4) is 0 Å².